The number of hydrogen-bond acceptors (Lipinski definition) is 7. The molecule has 0 radical (unpaired) electrons. The van der Waals surface area contributed by atoms with Gasteiger partial charge >= 0.3 is 0 Å². The third-order valence-corrected chi connectivity index (χ3v) is 6.35. The Balaban J connectivity index is 1.57. The lowest BCUT2D eigenvalue weighted by molar-refractivity contribution is 0.102. The Bertz CT molecular complexity index is 1270. The molecule has 0 saturated carbocycles. The van der Waals surface area contributed by atoms with Gasteiger partial charge in [0.25, 0.3) is 5.91 Å². The maximum absolute atomic E-state index is 13.0. The molecule has 4 aromatic rings. The van der Waals surface area contributed by atoms with Gasteiger partial charge in [0.1, 0.15) is 17.8 Å². The molecule has 9 heteroatoms. The molecule has 3 heterocycles. The van der Waals surface area contributed by atoms with E-state index in [0.29, 0.717) is 35.0 Å². The van der Waals surface area contributed by atoms with Crippen LogP contribution >= 0.6 is 11.3 Å². The second-order valence-electron chi connectivity index (χ2n) is 8.79. The fourth-order valence-corrected chi connectivity index (χ4v) is 5.10. The molecule has 0 unspecified atom stereocenters. The minimum Gasteiger partial charge on any atom is -0.343 e. The number of thiazole rings is 1. The van der Waals surface area contributed by atoms with Crippen molar-refractivity contribution < 1.29 is 4.79 Å². The highest BCUT2D eigenvalue weighted by Gasteiger charge is 2.19. The van der Waals surface area contributed by atoms with Crippen LogP contribution in [0.2, 0.25) is 0 Å². The van der Waals surface area contributed by atoms with Crippen molar-refractivity contribution in [3.8, 4) is 11.5 Å². The number of nitrogens with zero attached hydrogens (tertiary/aromatic N) is 6. The van der Waals surface area contributed by atoms with Gasteiger partial charge in [0, 0.05) is 23.7 Å². The van der Waals surface area contributed by atoms with Gasteiger partial charge in [-0.1, -0.05) is 17.4 Å². The fraction of sp³-hybridized carbons (Fsp3) is 0.375. The van der Waals surface area contributed by atoms with Crippen LogP contribution < -0.4 is 10.2 Å². The molecule has 0 aliphatic carbocycles. The lowest BCUT2D eigenvalue weighted by Crippen LogP contribution is -2.36. The van der Waals surface area contributed by atoms with Crippen LogP contribution in [0.1, 0.15) is 57.9 Å². The Hall–Kier alpha value is -3.33. The van der Waals surface area contributed by atoms with E-state index >= 15 is 0 Å². The van der Waals surface area contributed by atoms with Crippen molar-refractivity contribution in [3.63, 3.8) is 0 Å². The maximum Gasteiger partial charge on any atom is 0.256 e. The molecule has 3 aromatic heterocycles. The molecule has 0 aliphatic heterocycles. The number of amides is 1. The first-order valence-corrected chi connectivity index (χ1v) is 11.9. The number of carbonyl (C=O) groups is 1. The second kappa shape index (κ2) is 9.27. The molecule has 0 aliphatic rings. The summed E-state index contributed by atoms with van der Waals surface area (Å²) < 4.78 is 2.93. The number of benzene rings is 1. The van der Waals surface area contributed by atoms with Crippen molar-refractivity contribution in [3.05, 3.63) is 48.3 Å². The van der Waals surface area contributed by atoms with Gasteiger partial charge in [0.2, 0.25) is 0 Å². The number of hydrogen-bond donors (Lipinski definition) is 1. The van der Waals surface area contributed by atoms with Gasteiger partial charge in [-0.15, -0.1) is 10.2 Å². The predicted molar refractivity (Wildman–Crippen MR) is 134 cm³/mol. The third kappa shape index (κ3) is 4.73. The van der Waals surface area contributed by atoms with Crippen LogP contribution in [-0.2, 0) is 0 Å². The molecule has 8 nitrogen and oxygen atoms in total. The van der Waals surface area contributed by atoms with E-state index in [9.17, 15) is 4.79 Å². The van der Waals surface area contributed by atoms with Crippen LogP contribution in [0.25, 0.3) is 21.7 Å². The zero-order valence-corrected chi connectivity index (χ0v) is 20.6. The van der Waals surface area contributed by atoms with Crippen molar-refractivity contribution >= 4 is 38.4 Å². The van der Waals surface area contributed by atoms with Crippen LogP contribution in [0.4, 0.5) is 10.9 Å². The highest BCUT2D eigenvalue weighted by atomic mass is 32.1. The molecule has 0 atom stereocenters. The van der Waals surface area contributed by atoms with Crippen LogP contribution in [0.3, 0.4) is 0 Å². The minimum absolute atomic E-state index is 0.202. The number of aromatic nitrogens is 5. The summed E-state index contributed by atoms with van der Waals surface area (Å²) in [6.07, 6.45) is 1.69. The van der Waals surface area contributed by atoms with Crippen molar-refractivity contribution in [2.45, 2.75) is 59.7 Å². The number of pyridine rings is 1. The normalized spacial score (nSPS) is 11.7. The standard InChI is InChI=1S/C24H29N7OS/c1-14(2)30-13-25-29-22(30)19-8-7-9-21(26-19)28-23(32)17-10-11-18-20(12-17)33-24(27-18)31(15(3)4)16(5)6/h7-16H,1-6H3,(H,26,28,32). The molecule has 0 fully saturated rings. The van der Waals surface area contributed by atoms with Gasteiger partial charge in [-0.05, 0) is 71.9 Å². The van der Waals surface area contributed by atoms with Crippen molar-refractivity contribution in [2.75, 3.05) is 10.2 Å². The number of nitrogens with one attached hydrogen (secondary N) is 1. The Morgan fingerprint density at radius 3 is 2.48 bits per heavy atom. The van der Waals surface area contributed by atoms with E-state index < -0.39 is 0 Å². The average molecular weight is 464 g/mol. The lowest BCUT2D eigenvalue weighted by Gasteiger charge is -2.30. The van der Waals surface area contributed by atoms with Gasteiger partial charge in [0.05, 0.1) is 10.2 Å². The topological polar surface area (TPSA) is 88.8 Å². The highest BCUT2D eigenvalue weighted by molar-refractivity contribution is 7.22. The zero-order valence-electron chi connectivity index (χ0n) is 19.8. The van der Waals surface area contributed by atoms with Crippen molar-refractivity contribution in [2.24, 2.45) is 0 Å². The summed E-state index contributed by atoms with van der Waals surface area (Å²) in [4.78, 5) is 24.6. The summed E-state index contributed by atoms with van der Waals surface area (Å²) in [6.45, 7) is 12.8. The lowest BCUT2D eigenvalue weighted by atomic mass is 10.2. The second-order valence-corrected chi connectivity index (χ2v) is 9.80. The largest absolute Gasteiger partial charge is 0.343 e. The SMILES string of the molecule is CC(C)N(c1nc2ccc(C(=O)Nc3cccc(-c4nncn4C(C)C)n3)cc2s1)C(C)C. The summed E-state index contributed by atoms with van der Waals surface area (Å²) in [5.41, 5.74) is 2.12. The average Bonchev–Trinajstić information content (AvgIpc) is 3.40. The van der Waals surface area contributed by atoms with Crippen LogP contribution in [-0.4, -0.2) is 42.7 Å². The van der Waals surface area contributed by atoms with Gasteiger partial charge < -0.3 is 14.8 Å². The summed E-state index contributed by atoms with van der Waals surface area (Å²) in [5.74, 6) is 0.914. The van der Waals surface area contributed by atoms with E-state index in [-0.39, 0.29) is 11.9 Å². The summed E-state index contributed by atoms with van der Waals surface area (Å²) in [5, 5.41) is 12.1. The van der Waals surface area contributed by atoms with Crippen molar-refractivity contribution in [1.82, 2.24) is 24.7 Å². The van der Waals surface area contributed by atoms with E-state index in [1.165, 1.54) is 0 Å². The van der Waals surface area contributed by atoms with Crippen LogP contribution in [0.5, 0.6) is 0 Å². The molecule has 4 rings (SSSR count). The maximum atomic E-state index is 13.0. The highest BCUT2D eigenvalue weighted by Crippen LogP contribution is 2.32. The Morgan fingerprint density at radius 2 is 1.79 bits per heavy atom. The molecule has 172 valence electrons. The Kier molecular flexibility index (Phi) is 6.42. The van der Waals surface area contributed by atoms with E-state index in [1.54, 1.807) is 29.8 Å². The van der Waals surface area contributed by atoms with E-state index in [2.05, 4.69) is 66.9 Å². The first kappa shape index (κ1) is 22.8. The molecule has 1 amide bonds. The molecule has 0 bridgehead atoms. The van der Waals surface area contributed by atoms with Gasteiger partial charge in [-0.3, -0.25) is 4.79 Å². The number of carbonyl (C=O) groups excluding carboxylic acids is 1. The molecule has 1 N–H and O–H groups in total. The van der Waals surface area contributed by atoms with E-state index in [4.69, 9.17) is 4.98 Å². The van der Waals surface area contributed by atoms with Gasteiger partial charge in [-0.25, -0.2) is 9.97 Å². The van der Waals surface area contributed by atoms with Crippen molar-refractivity contribution in [1.29, 1.82) is 0 Å². The zero-order chi connectivity index (χ0) is 23.7. The quantitative estimate of drug-likeness (QED) is 0.394. The van der Waals surface area contributed by atoms with Crippen LogP contribution in [0, 0.1) is 0 Å². The Morgan fingerprint density at radius 1 is 1.03 bits per heavy atom. The first-order valence-electron chi connectivity index (χ1n) is 11.1. The molecular formula is C24H29N7OS. The first-order chi connectivity index (χ1) is 15.7. The summed E-state index contributed by atoms with van der Waals surface area (Å²) >= 11 is 1.61. The molecule has 33 heavy (non-hydrogen) atoms. The van der Waals surface area contributed by atoms with Crippen LogP contribution in [0.15, 0.2) is 42.7 Å². The number of rotatable bonds is 7. The van der Waals surface area contributed by atoms with Gasteiger partial charge in [0.15, 0.2) is 11.0 Å². The number of anilines is 2. The predicted octanol–water partition coefficient (Wildman–Crippen LogP) is 5.41. The molecule has 0 spiro atoms. The Labute approximate surface area is 197 Å². The number of fused-ring (bicyclic) bond motifs is 1. The van der Waals surface area contributed by atoms with Gasteiger partial charge in [-0.2, -0.15) is 0 Å². The molecular weight excluding hydrogens is 434 g/mol. The molecule has 0 saturated heterocycles. The molecule has 1 aromatic carbocycles. The third-order valence-electron chi connectivity index (χ3n) is 5.32. The summed E-state index contributed by atoms with van der Waals surface area (Å²) in [6, 6.07) is 12.0. The van der Waals surface area contributed by atoms with E-state index in [0.717, 1.165) is 15.3 Å². The minimum atomic E-state index is -0.216. The smallest absolute Gasteiger partial charge is 0.256 e. The fourth-order valence-electron chi connectivity index (χ4n) is 3.82. The summed E-state index contributed by atoms with van der Waals surface area (Å²) in [7, 11) is 0. The van der Waals surface area contributed by atoms with E-state index in [1.807, 2.05) is 28.8 Å². The monoisotopic (exact) mass is 463 g/mol.